The first-order chi connectivity index (χ1) is 9.68. The van der Waals surface area contributed by atoms with E-state index in [0.29, 0.717) is 18.5 Å². The summed E-state index contributed by atoms with van der Waals surface area (Å²) in [5.41, 5.74) is 2.23. The smallest absolute Gasteiger partial charge is 0.196 e. The lowest BCUT2D eigenvalue weighted by molar-refractivity contribution is 0.103. The Balaban J connectivity index is 2.09. The van der Waals surface area contributed by atoms with E-state index in [0.717, 1.165) is 23.7 Å². The highest BCUT2D eigenvalue weighted by Crippen LogP contribution is 2.23. The summed E-state index contributed by atoms with van der Waals surface area (Å²) in [5, 5.41) is 3.22. The van der Waals surface area contributed by atoms with Crippen LogP contribution >= 0.6 is 0 Å². The Kier molecular flexibility index (Phi) is 3.32. The van der Waals surface area contributed by atoms with Crippen molar-refractivity contribution in [2.45, 2.75) is 13.0 Å². The minimum absolute atomic E-state index is 0.211. The van der Waals surface area contributed by atoms with Gasteiger partial charge in [-0.2, -0.15) is 0 Å². The maximum atomic E-state index is 13.8. The van der Waals surface area contributed by atoms with Crippen LogP contribution in [0.5, 0.6) is 0 Å². The van der Waals surface area contributed by atoms with E-state index in [9.17, 15) is 13.6 Å². The molecule has 2 aromatic carbocycles. The van der Waals surface area contributed by atoms with Gasteiger partial charge in [0.1, 0.15) is 0 Å². The zero-order chi connectivity index (χ0) is 14.1. The number of hydrogen-bond acceptors (Lipinski definition) is 2. The molecule has 1 aliphatic rings. The molecule has 2 nitrogen and oxygen atoms in total. The molecule has 0 saturated heterocycles. The number of ketones is 1. The van der Waals surface area contributed by atoms with Gasteiger partial charge in [-0.15, -0.1) is 0 Å². The Hall–Kier alpha value is -2.07. The molecule has 4 heteroatoms. The minimum atomic E-state index is -1.08. The van der Waals surface area contributed by atoms with Crippen LogP contribution in [-0.4, -0.2) is 12.3 Å². The van der Waals surface area contributed by atoms with Crippen molar-refractivity contribution >= 4 is 5.78 Å². The molecular weight excluding hydrogens is 260 g/mol. The molecule has 0 radical (unpaired) electrons. The van der Waals surface area contributed by atoms with E-state index >= 15 is 0 Å². The maximum Gasteiger partial charge on any atom is 0.196 e. The van der Waals surface area contributed by atoms with Crippen LogP contribution in [-0.2, 0) is 13.0 Å². The largest absolute Gasteiger partial charge is 0.312 e. The number of halogens is 2. The summed E-state index contributed by atoms with van der Waals surface area (Å²) in [6.07, 6.45) is 0.716. The highest BCUT2D eigenvalue weighted by atomic mass is 19.2. The summed E-state index contributed by atoms with van der Waals surface area (Å²) >= 11 is 0. The van der Waals surface area contributed by atoms with Gasteiger partial charge in [0.2, 0.25) is 0 Å². The van der Waals surface area contributed by atoms with Crippen molar-refractivity contribution in [3.8, 4) is 0 Å². The Bertz CT molecular complexity index is 682. The number of fused-ring (bicyclic) bond motifs is 1. The van der Waals surface area contributed by atoms with Crippen LogP contribution in [0, 0.1) is 11.6 Å². The van der Waals surface area contributed by atoms with Crippen LogP contribution in [0.4, 0.5) is 8.78 Å². The van der Waals surface area contributed by atoms with E-state index in [2.05, 4.69) is 5.32 Å². The summed E-state index contributed by atoms with van der Waals surface area (Å²) in [5.74, 6) is -2.54. The molecule has 20 heavy (non-hydrogen) atoms. The van der Waals surface area contributed by atoms with Gasteiger partial charge in [0, 0.05) is 12.1 Å². The number of rotatable bonds is 2. The van der Waals surface area contributed by atoms with Gasteiger partial charge in [0.15, 0.2) is 17.4 Å². The van der Waals surface area contributed by atoms with Crippen LogP contribution in [0.3, 0.4) is 0 Å². The van der Waals surface area contributed by atoms with Crippen molar-refractivity contribution in [3.63, 3.8) is 0 Å². The lowest BCUT2D eigenvalue weighted by Crippen LogP contribution is -2.25. The Morgan fingerprint density at radius 1 is 1.05 bits per heavy atom. The number of carbonyl (C=O) groups excluding carboxylic acids is 1. The van der Waals surface area contributed by atoms with Gasteiger partial charge in [0.25, 0.3) is 0 Å². The third kappa shape index (κ3) is 2.12. The zero-order valence-corrected chi connectivity index (χ0v) is 10.7. The summed E-state index contributed by atoms with van der Waals surface area (Å²) < 4.78 is 27.0. The third-order valence-electron chi connectivity index (χ3n) is 3.58. The molecule has 0 atom stereocenters. The van der Waals surface area contributed by atoms with Crippen LogP contribution in [0.1, 0.15) is 27.0 Å². The maximum absolute atomic E-state index is 13.8. The lowest BCUT2D eigenvalue weighted by Gasteiger charge is -2.19. The fourth-order valence-corrected chi connectivity index (χ4v) is 2.57. The molecule has 0 amide bonds. The van der Waals surface area contributed by atoms with E-state index < -0.39 is 17.4 Å². The van der Waals surface area contributed by atoms with Gasteiger partial charge in [0.05, 0.1) is 5.56 Å². The first-order valence-electron chi connectivity index (χ1n) is 6.48. The average Bonchev–Trinajstić information content (AvgIpc) is 2.49. The molecule has 102 valence electrons. The van der Waals surface area contributed by atoms with Crippen molar-refractivity contribution in [2.24, 2.45) is 0 Å². The van der Waals surface area contributed by atoms with E-state index in [-0.39, 0.29) is 5.56 Å². The topological polar surface area (TPSA) is 29.1 Å². The zero-order valence-electron chi connectivity index (χ0n) is 10.7. The number of carbonyl (C=O) groups is 1. The lowest BCUT2D eigenvalue weighted by atomic mass is 9.91. The average molecular weight is 273 g/mol. The normalized spacial score (nSPS) is 13.9. The molecule has 3 rings (SSSR count). The second-order valence-electron chi connectivity index (χ2n) is 4.80. The summed E-state index contributed by atoms with van der Waals surface area (Å²) in [4.78, 5) is 12.5. The Morgan fingerprint density at radius 3 is 2.65 bits per heavy atom. The molecule has 1 heterocycles. The first-order valence-corrected chi connectivity index (χ1v) is 6.48. The molecule has 2 aromatic rings. The fourth-order valence-electron chi connectivity index (χ4n) is 2.57. The molecule has 0 fully saturated rings. The van der Waals surface area contributed by atoms with Crippen molar-refractivity contribution in [1.29, 1.82) is 0 Å². The molecule has 1 N–H and O–H groups in total. The van der Waals surface area contributed by atoms with Crippen molar-refractivity contribution in [2.75, 3.05) is 6.54 Å². The molecule has 0 aromatic heterocycles. The van der Waals surface area contributed by atoms with Gasteiger partial charge < -0.3 is 5.32 Å². The second-order valence-corrected chi connectivity index (χ2v) is 4.80. The van der Waals surface area contributed by atoms with E-state index in [1.165, 1.54) is 12.1 Å². The van der Waals surface area contributed by atoms with Gasteiger partial charge in [-0.05, 0) is 36.2 Å². The summed E-state index contributed by atoms with van der Waals surface area (Å²) in [6, 6.07) is 9.08. The third-order valence-corrected chi connectivity index (χ3v) is 3.58. The van der Waals surface area contributed by atoms with Crippen LogP contribution in [0.25, 0.3) is 0 Å². The Labute approximate surface area is 115 Å². The van der Waals surface area contributed by atoms with Gasteiger partial charge in [-0.3, -0.25) is 4.79 Å². The highest BCUT2D eigenvalue weighted by molar-refractivity contribution is 6.10. The molecule has 0 bridgehead atoms. The number of nitrogens with one attached hydrogen (secondary N) is 1. The number of hydrogen-bond donors (Lipinski definition) is 1. The van der Waals surface area contributed by atoms with Gasteiger partial charge in [-0.1, -0.05) is 24.3 Å². The van der Waals surface area contributed by atoms with Crippen molar-refractivity contribution in [3.05, 3.63) is 70.3 Å². The molecule has 0 spiro atoms. The fraction of sp³-hybridized carbons (Fsp3) is 0.188. The standard InChI is InChI=1S/C16H13F2NO/c17-14-6-2-5-13(15(14)18)16(20)12-4-1-3-10-9-19-8-7-11(10)12/h1-6,19H,7-9H2. The van der Waals surface area contributed by atoms with Gasteiger partial charge in [-0.25, -0.2) is 8.78 Å². The highest BCUT2D eigenvalue weighted by Gasteiger charge is 2.21. The monoisotopic (exact) mass is 273 g/mol. The molecular formula is C16H13F2NO. The molecule has 1 aliphatic heterocycles. The number of benzene rings is 2. The molecule has 0 saturated carbocycles. The Morgan fingerprint density at radius 2 is 1.80 bits per heavy atom. The van der Waals surface area contributed by atoms with E-state index in [1.54, 1.807) is 12.1 Å². The van der Waals surface area contributed by atoms with Crippen LogP contribution in [0.2, 0.25) is 0 Å². The minimum Gasteiger partial charge on any atom is -0.312 e. The summed E-state index contributed by atoms with van der Waals surface area (Å²) in [7, 11) is 0. The molecule has 0 aliphatic carbocycles. The summed E-state index contributed by atoms with van der Waals surface area (Å²) in [6.45, 7) is 1.48. The quantitative estimate of drug-likeness (QED) is 0.852. The molecule has 0 unspecified atom stereocenters. The SMILES string of the molecule is O=C(c1cccc(F)c1F)c1cccc2c1CCNC2. The predicted octanol–water partition coefficient (Wildman–Crippen LogP) is 2.84. The van der Waals surface area contributed by atoms with Gasteiger partial charge >= 0.3 is 0 Å². The first kappa shape index (κ1) is 12.9. The van der Waals surface area contributed by atoms with Crippen molar-refractivity contribution < 1.29 is 13.6 Å². The van der Waals surface area contributed by atoms with Crippen LogP contribution < -0.4 is 5.32 Å². The van der Waals surface area contributed by atoms with E-state index in [4.69, 9.17) is 0 Å². The van der Waals surface area contributed by atoms with E-state index in [1.807, 2.05) is 6.07 Å². The van der Waals surface area contributed by atoms with Crippen LogP contribution in [0.15, 0.2) is 36.4 Å². The second kappa shape index (κ2) is 5.13. The predicted molar refractivity (Wildman–Crippen MR) is 71.6 cm³/mol. The van der Waals surface area contributed by atoms with Crippen molar-refractivity contribution in [1.82, 2.24) is 5.32 Å².